The number of carbonyl (C=O) groups is 1. The summed E-state index contributed by atoms with van der Waals surface area (Å²) >= 11 is 9.97. The SMILES string of the molecule is CC(C)(CCNC(=O)[C@H]1CN([C@@H]2c3ccc(Cl)cc3CCc3cc(Br)cnc32)CCN1)n1ccnc1. The Morgan fingerprint density at radius 1 is 1.28 bits per heavy atom. The summed E-state index contributed by atoms with van der Waals surface area (Å²) in [6, 6.07) is 8.06. The van der Waals surface area contributed by atoms with Crippen LogP contribution in [0.4, 0.5) is 0 Å². The second-order valence-corrected chi connectivity index (χ2v) is 11.6. The molecule has 1 aromatic carbocycles. The van der Waals surface area contributed by atoms with Crippen molar-refractivity contribution >= 4 is 33.4 Å². The lowest BCUT2D eigenvalue weighted by Crippen LogP contribution is -2.58. The van der Waals surface area contributed by atoms with Crippen molar-refractivity contribution in [3.8, 4) is 0 Å². The zero-order valence-corrected chi connectivity index (χ0v) is 23.0. The minimum atomic E-state index is -0.284. The van der Waals surface area contributed by atoms with E-state index in [0.29, 0.717) is 13.1 Å². The van der Waals surface area contributed by atoms with Crippen molar-refractivity contribution in [3.63, 3.8) is 0 Å². The van der Waals surface area contributed by atoms with Gasteiger partial charge < -0.3 is 15.2 Å². The van der Waals surface area contributed by atoms with Gasteiger partial charge in [-0.3, -0.25) is 14.7 Å². The summed E-state index contributed by atoms with van der Waals surface area (Å²) in [5.74, 6) is 0.0371. The number of nitrogens with zero attached hydrogens (tertiary/aromatic N) is 4. The van der Waals surface area contributed by atoms with Crippen LogP contribution in [0.2, 0.25) is 5.02 Å². The van der Waals surface area contributed by atoms with Gasteiger partial charge in [0.15, 0.2) is 0 Å². The van der Waals surface area contributed by atoms with Crippen LogP contribution in [0.5, 0.6) is 0 Å². The van der Waals surface area contributed by atoms with Crippen LogP contribution in [0.3, 0.4) is 0 Å². The summed E-state index contributed by atoms with van der Waals surface area (Å²) in [4.78, 5) is 24.6. The monoisotopic (exact) mass is 570 g/mol. The van der Waals surface area contributed by atoms with Crippen LogP contribution >= 0.6 is 27.5 Å². The number of hydrogen-bond acceptors (Lipinski definition) is 5. The fraction of sp³-hybridized carbons (Fsp3) is 0.444. The van der Waals surface area contributed by atoms with Crippen molar-refractivity contribution in [2.24, 2.45) is 0 Å². The maximum atomic E-state index is 13.2. The van der Waals surface area contributed by atoms with Gasteiger partial charge in [-0.25, -0.2) is 4.98 Å². The van der Waals surface area contributed by atoms with Crippen molar-refractivity contribution < 1.29 is 4.79 Å². The molecule has 0 saturated carbocycles. The van der Waals surface area contributed by atoms with Gasteiger partial charge in [-0.1, -0.05) is 17.7 Å². The predicted octanol–water partition coefficient (Wildman–Crippen LogP) is 4.10. The average molecular weight is 572 g/mol. The van der Waals surface area contributed by atoms with Crippen LogP contribution in [0.15, 0.2) is 53.7 Å². The lowest BCUT2D eigenvalue weighted by Gasteiger charge is -2.39. The molecule has 9 heteroatoms. The van der Waals surface area contributed by atoms with Gasteiger partial charge in [0.25, 0.3) is 0 Å². The standard InChI is InChI=1S/C27H32BrClN6O/c1-27(2,35-12-9-30-17-35)7-8-32-26(36)23-16-34(11-10-31-23)25-22-6-5-21(29)14-18(22)3-4-19-13-20(28)15-33-24(19)25/h5-6,9,12-15,17,23,25,31H,3-4,7-8,10-11,16H2,1-2H3,(H,32,36)/t23-,25-/m1/s1. The largest absolute Gasteiger partial charge is 0.355 e. The first-order valence-electron chi connectivity index (χ1n) is 12.5. The predicted molar refractivity (Wildman–Crippen MR) is 145 cm³/mol. The average Bonchev–Trinajstić information content (AvgIpc) is 3.36. The van der Waals surface area contributed by atoms with Crippen molar-refractivity contribution in [1.82, 2.24) is 30.1 Å². The number of carbonyl (C=O) groups excluding carboxylic acids is 1. The second kappa shape index (κ2) is 10.6. The van der Waals surface area contributed by atoms with Gasteiger partial charge >= 0.3 is 0 Å². The minimum absolute atomic E-state index is 0.0135. The normalized spacial score (nSPS) is 20.3. The smallest absolute Gasteiger partial charge is 0.238 e. The van der Waals surface area contributed by atoms with Crippen LogP contribution in [-0.4, -0.2) is 57.6 Å². The molecule has 2 aromatic heterocycles. The maximum absolute atomic E-state index is 13.2. The van der Waals surface area contributed by atoms with Gasteiger partial charge in [0.05, 0.1) is 24.1 Å². The number of nitrogens with one attached hydrogen (secondary N) is 2. The number of imidazole rings is 1. The summed E-state index contributed by atoms with van der Waals surface area (Å²) in [5.41, 5.74) is 4.68. The molecule has 1 fully saturated rings. The number of fused-ring (bicyclic) bond motifs is 2. The third kappa shape index (κ3) is 5.37. The number of amides is 1. The Morgan fingerprint density at radius 2 is 2.11 bits per heavy atom. The molecule has 5 rings (SSSR count). The summed E-state index contributed by atoms with van der Waals surface area (Å²) in [7, 11) is 0. The molecular weight excluding hydrogens is 540 g/mol. The van der Waals surface area contributed by atoms with Crippen LogP contribution in [0.1, 0.15) is 48.7 Å². The summed E-state index contributed by atoms with van der Waals surface area (Å²) in [5, 5.41) is 7.34. The Hall–Kier alpha value is -2.26. The lowest BCUT2D eigenvalue weighted by atomic mass is 9.95. The quantitative estimate of drug-likeness (QED) is 0.466. The number of aromatic nitrogens is 3. The van der Waals surface area contributed by atoms with Gasteiger partial charge in [-0.05, 0) is 83.9 Å². The number of pyridine rings is 1. The van der Waals surface area contributed by atoms with E-state index in [9.17, 15) is 4.79 Å². The molecule has 36 heavy (non-hydrogen) atoms. The highest BCUT2D eigenvalue weighted by molar-refractivity contribution is 9.10. The van der Waals surface area contributed by atoms with E-state index < -0.39 is 0 Å². The molecule has 1 amide bonds. The summed E-state index contributed by atoms with van der Waals surface area (Å²) in [6.45, 7) is 7.09. The van der Waals surface area contributed by atoms with Crippen LogP contribution in [0, 0.1) is 0 Å². The molecule has 0 unspecified atom stereocenters. The van der Waals surface area contributed by atoms with E-state index in [1.807, 2.05) is 24.8 Å². The molecule has 2 atom stereocenters. The lowest BCUT2D eigenvalue weighted by molar-refractivity contribution is -0.124. The topological polar surface area (TPSA) is 75.1 Å². The Morgan fingerprint density at radius 3 is 2.92 bits per heavy atom. The molecular formula is C27H32BrClN6O. The van der Waals surface area contributed by atoms with E-state index in [-0.39, 0.29) is 23.5 Å². The molecule has 0 spiro atoms. The Balaban J connectivity index is 1.33. The van der Waals surface area contributed by atoms with E-state index in [1.165, 1.54) is 16.7 Å². The number of benzene rings is 1. The first-order valence-corrected chi connectivity index (χ1v) is 13.7. The van der Waals surface area contributed by atoms with Crippen molar-refractivity contribution in [2.75, 3.05) is 26.2 Å². The first kappa shape index (κ1) is 25.4. The highest BCUT2D eigenvalue weighted by atomic mass is 79.9. The Labute approximate surface area is 225 Å². The van der Waals surface area contributed by atoms with Gasteiger partial charge in [-0.2, -0.15) is 0 Å². The third-order valence-corrected chi connectivity index (χ3v) is 8.09. The number of rotatable bonds is 6. The Bertz CT molecular complexity index is 1180. The molecule has 1 aliphatic heterocycles. The van der Waals surface area contributed by atoms with Crippen LogP contribution < -0.4 is 10.6 Å². The van der Waals surface area contributed by atoms with Crippen LogP contribution in [0.25, 0.3) is 0 Å². The molecule has 0 bridgehead atoms. The highest BCUT2D eigenvalue weighted by Gasteiger charge is 2.35. The first-order chi connectivity index (χ1) is 17.3. The van der Waals surface area contributed by atoms with E-state index >= 15 is 0 Å². The molecule has 2 N–H and O–H groups in total. The molecule has 0 radical (unpaired) electrons. The van der Waals surface area contributed by atoms with Crippen molar-refractivity contribution in [3.05, 3.63) is 81.1 Å². The maximum Gasteiger partial charge on any atom is 0.238 e. The van der Waals surface area contributed by atoms with Gasteiger partial charge in [0, 0.05) is 59.8 Å². The molecule has 1 saturated heterocycles. The Kier molecular flexibility index (Phi) is 7.49. The molecule has 3 aromatic rings. The van der Waals surface area contributed by atoms with Crippen molar-refractivity contribution in [1.29, 1.82) is 0 Å². The summed E-state index contributed by atoms with van der Waals surface area (Å²) < 4.78 is 3.07. The second-order valence-electron chi connectivity index (χ2n) is 10.3. The van der Waals surface area contributed by atoms with Crippen LogP contribution in [-0.2, 0) is 23.2 Å². The summed E-state index contributed by atoms with van der Waals surface area (Å²) in [6.07, 6.45) is 10.1. The van der Waals surface area contributed by atoms with Gasteiger partial charge in [-0.15, -0.1) is 0 Å². The fourth-order valence-corrected chi connectivity index (χ4v) is 5.90. The number of halogens is 2. The van der Waals surface area contributed by atoms with E-state index in [0.717, 1.165) is 47.5 Å². The number of hydrogen-bond donors (Lipinski definition) is 2. The zero-order chi connectivity index (χ0) is 25.3. The molecule has 2 aliphatic rings. The highest BCUT2D eigenvalue weighted by Crippen LogP contribution is 2.38. The molecule has 7 nitrogen and oxygen atoms in total. The molecule has 190 valence electrons. The number of piperazine rings is 1. The van der Waals surface area contributed by atoms with E-state index in [1.54, 1.807) is 6.20 Å². The van der Waals surface area contributed by atoms with E-state index in [2.05, 4.69) is 73.1 Å². The van der Waals surface area contributed by atoms with Gasteiger partial charge in [0.1, 0.15) is 0 Å². The molecule has 3 heterocycles. The van der Waals surface area contributed by atoms with E-state index in [4.69, 9.17) is 16.6 Å². The fourth-order valence-electron chi connectivity index (χ4n) is 5.33. The third-order valence-electron chi connectivity index (χ3n) is 7.42. The van der Waals surface area contributed by atoms with Crippen molar-refractivity contribution in [2.45, 2.75) is 50.7 Å². The zero-order valence-electron chi connectivity index (χ0n) is 20.7. The van der Waals surface area contributed by atoms with Gasteiger partial charge in [0.2, 0.25) is 5.91 Å². The number of aryl methyl sites for hydroxylation is 2. The minimum Gasteiger partial charge on any atom is -0.355 e. The molecule has 1 aliphatic carbocycles.